The van der Waals surface area contributed by atoms with Gasteiger partial charge in [0, 0.05) is 43.0 Å². The molecule has 0 fully saturated rings. The van der Waals surface area contributed by atoms with E-state index in [-0.39, 0.29) is 0 Å². The van der Waals surface area contributed by atoms with Crippen LogP contribution in [0.25, 0.3) is 17.0 Å². The molecule has 0 amide bonds. The molecule has 5 nitrogen and oxygen atoms in total. The molecule has 1 unspecified atom stereocenters. The number of para-hydroxylation sites is 1. The van der Waals surface area contributed by atoms with E-state index in [4.69, 9.17) is 0 Å². The van der Waals surface area contributed by atoms with Crippen LogP contribution in [0.4, 0.5) is 0 Å². The standard InChI is InChI=1S/C19H19N3O2S/c1-21(2)25(23,24)22-12-11-14-7-3-4-8-15(14)19(22)17-13-20-18-10-6-5-9-16(17)18/h3-13,19-20H,1-2H3. The zero-order valence-electron chi connectivity index (χ0n) is 14.0. The third-order valence-electron chi connectivity index (χ3n) is 4.59. The maximum absolute atomic E-state index is 12.9. The zero-order valence-corrected chi connectivity index (χ0v) is 14.9. The number of hydrogen-bond donors (Lipinski definition) is 1. The lowest BCUT2D eigenvalue weighted by Crippen LogP contribution is -2.40. The fraction of sp³-hybridized carbons (Fsp3) is 0.158. The van der Waals surface area contributed by atoms with Crippen molar-refractivity contribution < 1.29 is 8.42 Å². The summed E-state index contributed by atoms with van der Waals surface area (Å²) in [5.74, 6) is 0. The molecule has 4 rings (SSSR count). The number of nitrogens with one attached hydrogen (secondary N) is 1. The molecule has 0 aliphatic carbocycles. The van der Waals surface area contributed by atoms with Gasteiger partial charge in [0.2, 0.25) is 0 Å². The van der Waals surface area contributed by atoms with Crippen molar-refractivity contribution in [3.63, 3.8) is 0 Å². The van der Waals surface area contributed by atoms with Crippen molar-refractivity contribution in [3.8, 4) is 0 Å². The van der Waals surface area contributed by atoms with Gasteiger partial charge in [0.15, 0.2) is 0 Å². The number of fused-ring (bicyclic) bond motifs is 2. The van der Waals surface area contributed by atoms with Crippen LogP contribution in [-0.2, 0) is 10.2 Å². The SMILES string of the molecule is CN(C)S(=O)(=O)N1C=Cc2ccccc2C1c1c[nH]c2ccccc12. The molecular weight excluding hydrogens is 334 g/mol. The molecule has 2 heterocycles. The molecule has 0 saturated heterocycles. The fourth-order valence-corrected chi connectivity index (χ4v) is 4.40. The van der Waals surface area contributed by atoms with Gasteiger partial charge >= 0.3 is 10.2 Å². The van der Waals surface area contributed by atoms with Gasteiger partial charge in [-0.1, -0.05) is 42.5 Å². The molecule has 2 aromatic carbocycles. The van der Waals surface area contributed by atoms with E-state index in [0.29, 0.717) is 0 Å². The highest BCUT2D eigenvalue weighted by atomic mass is 32.2. The van der Waals surface area contributed by atoms with Crippen LogP contribution in [-0.4, -0.2) is 36.1 Å². The van der Waals surface area contributed by atoms with E-state index >= 15 is 0 Å². The Hall–Kier alpha value is -2.57. The summed E-state index contributed by atoms with van der Waals surface area (Å²) in [6.07, 6.45) is 5.41. The van der Waals surface area contributed by atoms with Crippen LogP contribution >= 0.6 is 0 Å². The molecule has 0 saturated carbocycles. The van der Waals surface area contributed by atoms with Crippen molar-refractivity contribution in [1.29, 1.82) is 0 Å². The maximum atomic E-state index is 12.9. The van der Waals surface area contributed by atoms with Gasteiger partial charge in [0.25, 0.3) is 0 Å². The summed E-state index contributed by atoms with van der Waals surface area (Å²) in [5.41, 5.74) is 3.94. The molecule has 1 N–H and O–H groups in total. The molecule has 128 valence electrons. The largest absolute Gasteiger partial charge is 0.361 e. The highest BCUT2D eigenvalue weighted by molar-refractivity contribution is 7.86. The molecule has 1 aromatic heterocycles. The van der Waals surface area contributed by atoms with Crippen molar-refractivity contribution in [2.24, 2.45) is 0 Å². The smallest absolute Gasteiger partial charge is 0.303 e. The third kappa shape index (κ3) is 2.45. The van der Waals surface area contributed by atoms with E-state index in [2.05, 4.69) is 4.98 Å². The molecule has 1 atom stereocenters. The molecule has 0 bridgehead atoms. The van der Waals surface area contributed by atoms with Gasteiger partial charge in [0.1, 0.15) is 0 Å². The van der Waals surface area contributed by atoms with E-state index in [1.54, 1.807) is 20.3 Å². The van der Waals surface area contributed by atoms with Crippen LogP contribution < -0.4 is 0 Å². The summed E-state index contributed by atoms with van der Waals surface area (Å²) >= 11 is 0. The molecule has 1 aliphatic heterocycles. The average molecular weight is 353 g/mol. The van der Waals surface area contributed by atoms with Crippen LogP contribution in [0.1, 0.15) is 22.7 Å². The van der Waals surface area contributed by atoms with Crippen molar-refractivity contribution in [2.45, 2.75) is 6.04 Å². The summed E-state index contributed by atoms with van der Waals surface area (Å²) in [4.78, 5) is 3.26. The number of aromatic amines is 1. The quantitative estimate of drug-likeness (QED) is 0.785. The van der Waals surface area contributed by atoms with Crippen LogP contribution in [0.2, 0.25) is 0 Å². The molecular formula is C19H19N3O2S. The fourth-order valence-electron chi connectivity index (χ4n) is 3.31. The Labute approximate surface area is 147 Å². The van der Waals surface area contributed by atoms with Gasteiger partial charge in [-0.3, -0.25) is 4.31 Å². The van der Waals surface area contributed by atoms with Crippen LogP contribution in [0, 0.1) is 0 Å². The summed E-state index contributed by atoms with van der Waals surface area (Å²) in [5, 5.41) is 1.02. The highest BCUT2D eigenvalue weighted by Crippen LogP contribution is 2.40. The first-order valence-electron chi connectivity index (χ1n) is 8.04. The normalized spacial score (nSPS) is 17.2. The first-order chi connectivity index (χ1) is 12.0. The van der Waals surface area contributed by atoms with E-state index in [0.717, 1.165) is 27.6 Å². The van der Waals surface area contributed by atoms with Gasteiger partial charge in [-0.25, -0.2) is 0 Å². The Balaban J connectivity index is 1.98. The summed E-state index contributed by atoms with van der Waals surface area (Å²) in [7, 11) is -0.517. The van der Waals surface area contributed by atoms with Crippen molar-refractivity contribution in [2.75, 3.05) is 14.1 Å². The minimum absolute atomic E-state index is 0.412. The molecule has 3 aromatic rings. The lowest BCUT2D eigenvalue weighted by Gasteiger charge is -2.35. The first-order valence-corrected chi connectivity index (χ1v) is 9.44. The maximum Gasteiger partial charge on any atom is 0.303 e. The van der Waals surface area contributed by atoms with Gasteiger partial charge in [-0.05, 0) is 23.3 Å². The summed E-state index contributed by atoms with van der Waals surface area (Å²) in [6, 6.07) is 15.4. The van der Waals surface area contributed by atoms with Gasteiger partial charge in [-0.15, -0.1) is 0 Å². The third-order valence-corrected chi connectivity index (χ3v) is 6.38. The number of aromatic nitrogens is 1. The number of H-pyrrole nitrogens is 1. The van der Waals surface area contributed by atoms with E-state index in [1.165, 1.54) is 8.61 Å². The molecule has 25 heavy (non-hydrogen) atoms. The average Bonchev–Trinajstić information content (AvgIpc) is 3.04. The van der Waals surface area contributed by atoms with Crippen molar-refractivity contribution >= 4 is 27.2 Å². The van der Waals surface area contributed by atoms with Crippen LogP contribution in [0.3, 0.4) is 0 Å². The summed E-state index contributed by atoms with van der Waals surface area (Å²) in [6.45, 7) is 0. The van der Waals surface area contributed by atoms with Gasteiger partial charge in [-0.2, -0.15) is 12.7 Å². The Morgan fingerprint density at radius 2 is 1.72 bits per heavy atom. The minimum Gasteiger partial charge on any atom is -0.361 e. The highest BCUT2D eigenvalue weighted by Gasteiger charge is 2.35. The van der Waals surface area contributed by atoms with Crippen LogP contribution in [0.15, 0.2) is 60.9 Å². The Bertz CT molecular complexity index is 1070. The zero-order chi connectivity index (χ0) is 17.6. The number of nitrogens with zero attached hydrogens (tertiary/aromatic N) is 2. The summed E-state index contributed by atoms with van der Waals surface area (Å²) < 4.78 is 28.5. The van der Waals surface area contributed by atoms with Crippen LogP contribution in [0.5, 0.6) is 0 Å². The van der Waals surface area contributed by atoms with E-state index in [1.807, 2.05) is 60.8 Å². The van der Waals surface area contributed by atoms with E-state index in [9.17, 15) is 8.42 Å². The Morgan fingerprint density at radius 1 is 1.00 bits per heavy atom. The minimum atomic E-state index is -3.62. The van der Waals surface area contributed by atoms with Gasteiger partial charge in [0.05, 0.1) is 6.04 Å². The predicted molar refractivity (Wildman–Crippen MR) is 100 cm³/mol. The topological polar surface area (TPSA) is 56.4 Å². The van der Waals surface area contributed by atoms with Crippen molar-refractivity contribution in [3.05, 3.63) is 77.6 Å². The molecule has 1 aliphatic rings. The Kier molecular flexibility index (Phi) is 3.67. The molecule has 0 radical (unpaired) electrons. The first kappa shape index (κ1) is 15.9. The second-order valence-electron chi connectivity index (χ2n) is 6.26. The number of rotatable bonds is 3. The Morgan fingerprint density at radius 3 is 2.52 bits per heavy atom. The molecule has 0 spiro atoms. The van der Waals surface area contributed by atoms with Crippen molar-refractivity contribution in [1.82, 2.24) is 13.6 Å². The second kappa shape index (κ2) is 5.75. The van der Waals surface area contributed by atoms with Gasteiger partial charge < -0.3 is 4.98 Å². The lowest BCUT2D eigenvalue weighted by molar-refractivity contribution is 0.403. The predicted octanol–water partition coefficient (Wildman–Crippen LogP) is 3.35. The number of benzene rings is 2. The number of hydrogen-bond acceptors (Lipinski definition) is 2. The molecule has 6 heteroatoms. The van der Waals surface area contributed by atoms with E-state index < -0.39 is 16.3 Å². The second-order valence-corrected chi connectivity index (χ2v) is 8.30. The monoisotopic (exact) mass is 353 g/mol. The lowest BCUT2D eigenvalue weighted by atomic mass is 9.92.